The topological polar surface area (TPSA) is 72.4 Å². The van der Waals surface area contributed by atoms with Crippen molar-refractivity contribution in [3.05, 3.63) is 77.3 Å². The summed E-state index contributed by atoms with van der Waals surface area (Å²) in [5.74, 6) is 0.415. The average molecular weight is 353 g/mol. The Hall–Kier alpha value is -3.12. The molecule has 1 aromatic carbocycles. The smallest absolute Gasteiger partial charge is 0.253 e. The highest BCUT2D eigenvalue weighted by Gasteiger charge is 2.12. The van der Waals surface area contributed by atoms with Crippen LogP contribution in [0.2, 0.25) is 5.02 Å². The van der Waals surface area contributed by atoms with Gasteiger partial charge in [-0.25, -0.2) is 0 Å². The minimum Gasteiger partial charge on any atom is -0.472 e. The molecule has 0 bridgehead atoms. The molecule has 0 spiro atoms. The van der Waals surface area contributed by atoms with Crippen molar-refractivity contribution in [3.63, 3.8) is 0 Å². The molecule has 7 heteroatoms. The third-order valence-corrected chi connectivity index (χ3v) is 4.21. The van der Waals surface area contributed by atoms with Crippen LogP contribution in [0.15, 0.2) is 65.6 Å². The Balaban J connectivity index is 1.59. The van der Waals surface area contributed by atoms with Crippen LogP contribution in [0.3, 0.4) is 0 Å². The molecule has 0 saturated carbocycles. The van der Waals surface area contributed by atoms with Crippen molar-refractivity contribution >= 4 is 23.2 Å². The van der Waals surface area contributed by atoms with Gasteiger partial charge in [0.15, 0.2) is 11.5 Å². The van der Waals surface area contributed by atoms with Crippen LogP contribution < -0.4 is 5.32 Å². The Labute approximate surface area is 148 Å². The fourth-order valence-electron chi connectivity index (χ4n) is 2.53. The van der Waals surface area contributed by atoms with Crippen molar-refractivity contribution in [1.29, 1.82) is 0 Å². The van der Waals surface area contributed by atoms with Crippen LogP contribution >= 0.6 is 11.6 Å². The summed E-state index contributed by atoms with van der Waals surface area (Å²) < 4.78 is 6.85. The number of nitrogens with one attached hydrogen (secondary N) is 1. The summed E-state index contributed by atoms with van der Waals surface area (Å²) in [6, 6.07) is 12.7. The van der Waals surface area contributed by atoms with Crippen LogP contribution in [-0.2, 0) is 6.54 Å². The SMILES string of the molecule is O=C(NCc1ccccc1Cl)c1ccc2nnc(-c3ccoc3)n2c1. The molecule has 6 nitrogen and oxygen atoms in total. The van der Waals surface area contributed by atoms with E-state index in [0.29, 0.717) is 28.6 Å². The van der Waals surface area contributed by atoms with Crippen molar-refractivity contribution in [3.8, 4) is 11.4 Å². The molecule has 4 aromatic rings. The van der Waals surface area contributed by atoms with Crippen molar-refractivity contribution in [2.75, 3.05) is 0 Å². The van der Waals surface area contributed by atoms with Gasteiger partial charge in [0.25, 0.3) is 5.91 Å². The number of pyridine rings is 1. The van der Waals surface area contributed by atoms with Crippen LogP contribution in [0.5, 0.6) is 0 Å². The number of nitrogens with zero attached hydrogens (tertiary/aromatic N) is 3. The highest BCUT2D eigenvalue weighted by molar-refractivity contribution is 6.31. The number of fused-ring (bicyclic) bond motifs is 1. The lowest BCUT2D eigenvalue weighted by Gasteiger charge is -2.07. The fourth-order valence-corrected chi connectivity index (χ4v) is 2.74. The van der Waals surface area contributed by atoms with Crippen LogP contribution in [0.4, 0.5) is 0 Å². The number of benzene rings is 1. The number of furan rings is 1. The lowest BCUT2D eigenvalue weighted by Crippen LogP contribution is -2.23. The monoisotopic (exact) mass is 352 g/mol. The second-order valence-corrected chi connectivity index (χ2v) is 5.86. The van der Waals surface area contributed by atoms with Crippen LogP contribution in [-0.4, -0.2) is 20.5 Å². The Morgan fingerprint density at radius 1 is 1.16 bits per heavy atom. The summed E-state index contributed by atoms with van der Waals surface area (Å²) in [6.07, 6.45) is 4.86. The summed E-state index contributed by atoms with van der Waals surface area (Å²) in [6.45, 7) is 0.354. The molecule has 0 fully saturated rings. The average Bonchev–Trinajstić information content (AvgIpc) is 3.29. The second-order valence-electron chi connectivity index (χ2n) is 5.46. The number of halogens is 1. The first-order valence-electron chi connectivity index (χ1n) is 7.61. The predicted octanol–water partition coefficient (Wildman–Crippen LogP) is 3.57. The highest BCUT2D eigenvalue weighted by Crippen LogP contribution is 2.19. The van der Waals surface area contributed by atoms with Crippen LogP contribution in [0, 0.1) is 0 Å². The first-order valence-corrected chi connectivity index (χ1v) is 7.99. The van der Waals surface area contributed by atoms with Gasteiger partial charge in [0, 0.05) is 17.8 Å². The van der Waals surface area contributed by atoms with Gasteiger partial charge in [0.2, 0.25) is 0 Å². The largest absolute Gasteiger partial charge is 0.472 e. The molecular formula is C18H13ClN4O2. The molecule has 3 heterocycles. The molecule has 0 saturated heterocycles. The van der Waals surface area contributed by atoms with Gasteiger partial charge in [-0.1, -0.05) is 29.8 Å². The zero-order valence-corrected chi connectivity index (χ0v) is 13.8. The van der Waals surface area contributed by atoms with Gasteiger partial charge in [-0.2, -0.15) is 0 Å². The molecule has 4 rings (SSSR count). The second kappa shape index (κ2) is 6.41. The van der Waals surface area contributed by atoms with E-state index >= 15 is 0 Å². The molecule has 3 aromatic heterocycles. The predicted molar refractivity (Wildman–Crippen MR) is 93.3 cm³/mol. The molecule has 0 aliphatic carbocycles. The Kier molecular flexibility index (Phi) is 3.95. The number of carbonyl (C=O) groups excluding carboxylic acids is 1. The lowest BCUT2D eigenvalue weighted by molar-refractivity contribution is 0.0950. The molecule has 1 N–H and O–H groups in total. The van der Waals surface area contributed by atoms with Crippen molar-refractivity contribution in [2.45, 2.75) is 6.54 Å². The first kappa shape index (κ1) is 15.4. The number of carbonyl (C=O) groups is 1. The van der Waals surface area contributed by atoms with E-state index in [9.17, 15) is 4.79 Å². The maximum atomic E-state index is 12.5. The number of aromatic nitrogens is 3. The molecule has 0 atom stereocenters. The Bertz CT molecular complexity index is 1040. The first-order chi connectivity index (χ1) is 12.2. The minimum atomic E-state index is -0.200. The van der Waals surface area contributed by atoms with E-state index in [1.165, 1.54) is 0 Å². The lowest BCUT2D eigenvalue weighted by atomic mass is 10.2. The molecular weight excluding hydrogens is 340 g/mol. The maximum absolute atomic E-state index is 12.5. The van der Waals surface area contributed by atoms with E-state index in [-0.39, 0.29) is 5.91 Å². The van der Waals surface area contributed by atoms with Gasteiger partial charge in [-0.05, 0) is 29.8 Å². The third kappa shape index (κ3) is 2.99. The van der Waals surface area contributed by atoms with Crippen molar-refractivity contribution in [2.24, 2.45) is 0 Å². The minimum absolute atomic E-state index is 0.200. The number of amides is 1. The fraction of sp³-hybridized carbons (Fsp3) is 0.0556. The quantitative estimate of drug-likeness (QED) is 0.609. The summed E-state index contributed by atoms with van der Waals surface area (Å²) in [7, 11) is 0. The molecule has 0 radical (unpaired) electrons. The van der Waals surface area contributed by atoms with Crippen LogP contribution in [0.1, 0.15) is 15.9 Å². The van der Waals surface area contributed by atoms with E-state index in [1.54, 1.807) is 47.4 Å². The number of rotatable bonds is 4. The molecule has 0 aliphatic heterocycles. The van der Waals surface area contributed by atoms with Gasteiger partial charge < -0.3 is 9.73 Å². The Morgan fingerprint density at radius 2 is 2.04 bits per heavy atom. The highest BCUT2D eigenvalue weighted by atomic mass is 35.5. The standard InChI is InChI=1S/C18H13ClN4O2/c19-15-4-2-1-3-12(15)9-20-18(24)13-5-6-16-21-22-17(23(16)10-13)14-7-8-25-11-14/h1-8,10-11H,9H2,(H,20,24). The third-order valence-electron chi connectivity index (χ3n) is 3.84. The molecule has 1 amide bonds. The molecule has 25 heavy (non-hydrogen) atoms. The normalized spacial score (nSPS) is 10.9. The van der Waals surface area contributed by atoms with Crippen LogP contribution in [0.25, 0.3) is 17.0 Å². The van der Waals surface area contributed by atoms with E-state index in [1.807, 2.05) is 18.2 Å². The van der Waals surface area contributed by atoms with Crippen molar-refractivity contribution < 1.29 is 9.21 Å². The van der Waals surface area contributed by atoms with Crippen molar-refractivity contribution in [1.82, 2.24) is 19.9 Å². The van der Waals surface area contributed by atoms with Gasteiger partial charge in [0.1, 0.15) is 6.26 Å². The molecule has 124 valence electrons. The van der Waals surface area contributed by atoms with Gasteiger partial charge in [0.05, 0.1) is 17.4 Å². The molecule has 0 unspecified atom stereocenters. The van der Waals surface area contributed by atoms with E-state index in [4.69, 9.17) is 16.0 Å². The van der Waals surface area contributed by atoms with Gasteiger partial charge in [-0.3, -0.25) is 9.20 Å². The number of hydrogen-bond acceptors (Lipinski definition) is 4. The molecule has 0 aliphatic rings. The zero-order valence-electron chi connectivity index (χ0n) is 13.0. The van der Waals surface area contributed by atoms with E-state index in [2.05, 4.69) is 15.5 Å². The number of hydrogen-bond donors (Lipinski definition) is 1. The zero-order chi connectivity index (χ0) is 17.2. The van der Waals surface area contributed by atoms with Gasteiger partial charge >= 0.3 is 0 Å². The summed E-state index contributed by atoms with van der Waals surface area (Å²) >= 11 is 6.11. The summed E-state index contributed by atoms with van der Waals surface area (Å²) in [5.41, 5.74) is 2.81. The Morgan fingerprint density at radius 3 is 2.84 bits per heavy atom. The maximum Gasteiger partial charge on any atom is 0.253 e. The van der Waals surface area contributed by atoms with E-state index in [0.717, 1.165) is 11.1 Å². The van der Waals surface area contributed by atoms with E-state index < -0.39 is 0 Å². The summed E-state index contributed by atoms with van der Waals surface area (Å²) in [4.78, 5) is 12.5. The van der Waals surface area contributed by atoms with Gasteiger partial charge in [-0.15, -0.1) is 10.2 Å². The summed E-state index contributed by atoms with van der Waals surface area (Å²) in [5, 5.41) is 11.7.